The zero-order valence-corrected chi connectivity index (χ0v) is 14.0. The Labute approximate surface area is 155 Å². The van der Waals surface area contributed by atoms with Crippen LogP contribution in [0.3, 0.4) is 0 Å². The van der Waals surface area contributed by atoms with Crippen LogP contribution in [0.15, 0.2) is 0 Å². The predicted octanol–water partition coefficient (Wildman–Crippen LogP) is -7.27. The number of hydrogen-bond donors (Lipinski definition) is 0. The average Bonchev–Trinajstić information content (AvgIpc) is 2.33. The third-order valence-electron chi connectivity index (χ3n) is 0. The smallest absolute Gasteiger partial charge is 0.512 e. The van der Waals surface area contributed by atoms with E-state index in [9.17, 15) is 0 Å². The van der Waals surface area contributed by atoms with Crippen molar-refractivity contribution in [2.45, 2.75) is 0 Å². The molecule has 81 valence electrons. The molecular formula is C5H4FeN6Na2O3+. The molecule has 0 aromatic heterocycles. The second-order valence-electron chi connectivity index (χ2n) is 0. The fourth-order valence-electron chi connectivity index (χ4n) is 0. The average molecular weight is 298 g/mol. The van der Waals surface area contributed by atoms with Crippen LogP contribution < -0.4 is 59.1 Å². The summed E-state index contributed by atoms with van der Waals surface area (Å²) in [6.07, 6.45) is 0. The van der Waals surface area contributed by atoms with Crippen LogP contribution in [0.25, 0.3) is 0 Å². The molecule has 0 spiro atoms. The zero-order valence-electron chi connectivity index (χ0n) is 8.95. The molecule has 0 aliphatic carbocycles. The SMILES string of the molecule is N#[O+].O.O.[C-]#N.[C-]#N.[C-]#N.[C-]#N.[C-]#N.[Fe+3].[Na+].[Na+]. The predicted molar refractivity (Wildman–Crippen MR) is 34.5 cm³/mol. The van der Waals surface area contributed by atoms with Gasteiger partial charge >= 0.3 is 86.4 Å². The summed E-state index contributed by atoms with van der Waals surface area (Å²) in [5.74, 6) is 0. The van der Waals surface area contributed by atoms with E-state index in [1.54, 1.807) is 0 Å². The molecule has 0 heterocycles. The van der Waals surface area contributed by atoms with Gasteiger partial charge in [0.15, 0.2) is 0 Å². The van der Waals surface area contributed by atoms with Gasteiger partial charge in [-0.15, -0.1) is 0 Å². The molecule has 0 fully saturated rings. The van der Waals surface area contributed by atoms with Gasteiger partial charge in [-0.25, -0.2) is 0 Å². The van der Waals surface area contributed by atoms with Gasteiger partial charge in [-0.1, -0.05) is 0 Å². The quantitative estimate of drug-likeness (QED) is 0.239. The Hall–Kier alpha value is -0.441. The first kappa shape index (κ1) is 130. The molecule has 0 aliphatic heterocycles. The van der Waals surface area contributed by atoms with Gasteiger partial charge in [0.2, 0.25) is 0 Å². The molecule has 4 N–H and O–H groups in total. The first-order chi connectivity index (χ1) is 6.00. The summed E-state index contributed by atoms with van der Waals surface area (Å²) in [6.45, 7) is 23.8. The first-order valence-electron chi connectivity index (χ1n) is 1.30. The molecule has 0 aromatic carbocycles. The standard InChI is InChI=1S/5CN.Fe.NO.2Na.2H2O/c5*1-2;;1-2;;;;/h;;;;;;;;;2*1H2/q5*-1;+3;3*+1;;. The van der Waals surface area contributed by atoms with E-state index >= 15 is 0 Å². The Kier molecular flexibility index (Phi) is 130000. The summed E-state index contributed by atoms with van der Waals surface area (Å²) in [7, 11) is 0. The molecule has 17 heavy (non-hydrogen) atoms. The summed E-state index contributed by atoms with van der Waals surface area (Å²) < 4.78 is 7.25. The number of hydrogen-bond acceptors (Lipinski definition) is 6. The maximum atomic E-state index is 7.25. The zero-order chi connectivity index (χ0) is 12.0. The van der Waals surface area contributed by atoms with Gasteiger partial charge in [-0.05, 0) is 0 Å². The Morgan fingerprint density at radius 2 is 0.471 bits per heavy atom. The van der Waals surface area contributed by atoms with Crippen molar-refractivity contribution >= 4 is 0 Å². The van der Waals surface area contributed by atoms with Crippen molar-refractivity contribution in [1.29, 1.82) is 31.8 Å². The normalized spacial score (nSPS) is 0.706. The second kappa shape index (κ2) is 17000. The van der Waals surface area contributed by atoms with Gasteiger partial charge in [0.25, 0.3) is 0 Å². The minimum atomic E-state index is 0. The van der Waals surface area contributed by atoms with Crippen LogP contribution in [0.2, 0.25) is 0 Å². The molecule has 0 atom stereocenters. The molecule has 12 heteroatoms. The van der Waals surface area contributed by atoms with E-state index in [0.717, 1.165) is 0 Å². The van der Waals surface area contributed by atoms with Gasteiger partial charge in [0, 0.05) is 0 Å². The van der Waals surface area contributed by atoms with Gasteiger partial charge in [-0.2, -0.15) is 0 Å². The molecule has 0 unspecified atom stereocenters. The largest absolute Gasteiger partial charge is 3.00 e. The fourth-order valence-corrected chi connectivity index (χ4v) is 0. The van der Waals surface area contributed by atoms with E-state index < -0.39 is 0 Å². The molecule has 0 aromatic rings. The maximum Gasteiger partial charge on any atom is 3.00 e. The second-order valence-corrected chi connectivity index (χ2v) is 0. The van der Waals surface area contributed by atoms with Crippen molar-refractivity contribution < 1.29 is 91.9 Å². The summed E-state index contributed by atoms with van der Waals surface area (Å²) in [6, 6.07) is 0. The van der Waals surface area contributed by atoms with Crippen molar-refractivity contribution in [2.24, 2.45) is 0 Å². The van der Waals surface area contributed by atoms with Crippen LogP contribution in [0, 0.1) is 64.6 Å². The summed E-state index contributed by atoms with van der Waals surface area (Å²) >= 11 is 0. The molecule has 0 saturated heterocycles. The van der Waals surface area contributed by atoms with Crippen LogP contribution in [0.5, 0.6) is 0 Å². The van der Waals surface area contributed by atoms with Crippen LogP contribution in [-0.2, 0) is 21.8 Å². The van der Waals surface area contributed by atoms with Crippen LogP contribution in [0.1, 0.15) is 0 Å². The number of nitrogens with zero attached hydrogens (tertiary/aromatic N) is 6. The summed E-state index contributed by atoms with van der Waals surface area (Å²) in [4.78, 5) is 0. The Morgan fingerprint density at radius 1 is 0.471 bits per heavy atom. The minimum absolute atomic E-state index is 0. The van der Waals surface area contributed by atoms with Crippen molar-refractivity contribution in [3.8, 4) is 0 Å². The molecule has 9 nitrogen and oxygen atoms in total. The monoisotopic (exact) mass is 298 g/mol. The molecule has 1 radical (unpaired) electrons. The van der Waals surface area contributed by atoms with Crippen molar-refractivity contribution in [1.82, 2.24) is 0 Å². The van der Waals surface area contributed by atoms with E-state index in [1.807, 2.05) is 0 Å². The molecule has 0 saturated carbocycles. The molecule has 0 aliphatic rings. The first-order valence-corrected chi connectivity index (χ1v) is 1.30. The Bertz CT molecular complexity index is 111. The van der Waals surface area contributed by atoms with E-state index in [0.29, 0.717) is 0 Å². The van der Waals surface area contributed by atoms with Crippen molar-refractivity contribution in [3.63, 3.8) is 0 Å². The number of rotatable bonds is 0. The topological polar surface area (TPSA) is 226 Å². The maximum absolute atomic E-state index is 7.25. The Morgan fingerprint density at radius 3 is 0.471 bits per heavy atom. The fraction of sp³-hybridized carbons (Fsp3) is 0. The third-order valence-corrected chi connectivity index (χ3v) is 0. The van der Waals surface area contributed by atoms with Gasteiger partial charge in [-0.3, -0.25) is 0 Å². The summed E-state index contributed by atoms with van der Waals surface area (Å²) in [5, 5.41) is 31.2. The van der Waals surface area contributed by atoms with Gasteiger partial charge in [0.05, 0.1) is 0 Å². The van der Waals surface area contributed by atoms with Crippen molar-refractivity contribution in [2.75, 3.05) is 0 Å². The molecule has 0 rings (SSSR count). The van der Waals surface area contributed by atoms with Crippen LogP contribution in [-0.4, -0.2) is 11.0 Å². The third kappa shape index (κ3) is 14700. The molecule has 0 bridgehead atoms. The van der Waals surface area contributed by atoms with E-state index in [1.165, 1.54) is 0 Å². The molecular weight excluding hydrogens is 294 g/mol. The molecule has 0 amide bonds. The van der Waals surface area contributed by atoms with Crippen LogP contribution in [0.4, 0.5) is 0 Å². The minimum Gasteiger partial charge on any atom is -0.512 e. The van der Waals surface area contributed by atoms with Crippen molar-refractivity contribution in [3.05, 3.63) is 32.9 Å². The van der Waals surface area contributed by atoms with Gasteiger partial charge < -0.3 is 70.1 Å². The van der Waals surface area contributed by atoms with E-state index in [-0.39, 0.29) is 87.1 Å². The summed E-state index contributed by atoms with van der Waals surface area (Å²) in [5.41, 5.74) is 5.75. The van der Waals surface area contributed by atoms with E-state index in [4.69, 9.17) is 69.4 Å². The Balaban J connectivity index is -0.00000000267. The van der Waals surface area contributed by atoms with Crippen LogP contribution >= 0.6 is 0 Å². The van der Waals surface area contributed by atoms with E-state index in [2.05, 4.69) is 0 Å². The van der Waals surface area contributed by atoms with Gasteiger partial charge in [0.1, 0.15) is 0 Å².